The number of alkyl halides is 3. The van der Waals surface area contributed by atoms with Crippen LogP contribution in [0.1, 0.15) is 45.5 Å². The lowest BCUT2D eigenvalue weighted by Gasteiger charge is -2.27. The van der Waals surface area contributed by atoms with Crippen LogP contribution in [-0.2, 0) is 16.1 Å². The number of nitrogens with zero attached hydrogens (tertiary/aromatic N) is 1. The van der Waals surface area contributed by atoms with Crippen LogP contribution in [0.2, 0.25) is 0 Å². The Kier molecular flexibility index (Phi) is 5.71. The maximum atomic E-state index is 13.0. The summed E-state index contributed by atoms with van der Waals surface area (Å²) in [4.78, 5) is 49.4. The Hall–Kier alpha value is -2.79. The van der Waals surface area contributed by atoms with Gasteiger partial charge in [0.15, 0.2) is 0 Å². The van der Waals surface area contributed by atoms with E-state index in [4.69, 9.17) is 5.73 Å². The molecule has 29 heavy (non-hydrogen) atoms. The van der Waals surface area contributed by atoms with Crippen LogP contribution in [0.15, 0.2) is 18.2 Å². The van der Waals surface area contributed by atoms with Crippen molar-refractivity contribution in [3.05, 3.63) is 34.9 Å². The first-order chi connectivity index (χ1) is 13.6. The molecule has 0 spiro atoms. The van der Waals surface area contributed by atoms with Crippen LogP contribution < -0.4 is 16.4 Å². The highest BCUT2D eigenvalue weighted by Crippen LogP contribution is 2.29. The van der Waals surface area contributed by atoms with E-state index in [9.17, 15) is 32.3 Å². The Morgan fingerprint density at radius 3 is 2.48 bits per heavy atom. The normalized spacial score (nSPS) is 20.7. The highest BCUT2D eigenvalue weighted by atomic mass is 19.4. The third-order valence-electron chi connectivity index (χ3n) is 4.91. The number of carbonyl (C=O) groups is 4. The molecule has 1 saturated heterocycles. The summed E-state index contributed by atoms with van der Waals surface area (Å²) in [7, 11) is 0. The minimum absolute atomic E-state index is 0.00104. The molecule has 2 aliphatic heterocycles. The number of carbonyl (C=O) groups excluding carboxylic acids is 4. The lowest BCUT2D eigenvalue weighted by Crippen LogP contribution is -2.54. The van der Waals surface area contributed by atoms with Crippen LogP contribution in [0.3, 0.4) is 0 Å². The van der Waals surface area contributed by atoms with Gasteiger partial charge in [-0.3, -0.25) is 29.4 Å². The van der Waals surface area contributed by atoms with Crippen molar-refractivity contribution in [2.24, 2.45) is 5.73 Å². The first-order valence-corrected chi connectivity index (χ1v) is 8.98. The number of nitrogens with one attached hydrogen (secondary N) is 2. The maximum absolute atomic E-state index is 13.0. The van der Waals surface area contributed by atoms with Crippen LogP contribution in [0.4, 0.5) is 13.2 Å². The number of fused-ring (bicyclic) bond motifs is 1. The van der Waals surface area contributed by atoms with Crippen molar-refractivity contribution in [2.45, 2.75) is 44.1 Å². The fourth-order valence-electron chi connectivity index (χ4n) is 3.42. The molecule has 11 heteroatoms. The molecular formula is C18H19F3N4O4. The quantitative estimate of drug-likeness (QED) is 0.584. The second kappa shape index (κ2) is 7.91. The highest BCUT2D eigenvalue weighted by molar-refractivity contribution is 6.23. The number of amides is 4. The topological polar surface area (TPSA) is 122 Å². The van der Waals surface area contributed by atoms with Crippen molar-refractivity contribution in [1.29, 1.82) is 0 Å². The second-order valence-electron chi connectivity index (χ2n) is 6.88. The molecule has 4 amide bonds. The molecule has 8 nitrogen and oxygen atoms in total. The fourth-order valence-corrected chi connectivity index (χ4v) is 3.42. The van der Waals surface area contributed by atoms with Gasteiger partial charge in [0.1, 0.15) is 12.1 Å². The van der Waals surface area contributed by atoms with Crippen molar-refractivity contribution in [3.63, 3.8) is 0 Å². The fraction of sp³-hybridized carbons (Fsp3) is 0.444. The van der Waals surface area contributed by atoms with E-state index in [2.05, 4.69) is 10.6 Å². The van der Waals surface area contributed by atoms with Gasteiger partial charge in [-0.25, -0.2) is 0 Å². The first kappa shape index (κ1) is 20.9. The molecule has 0 bridgehead atoms. The molecule has 2 heterocycles. The van der Waals surface area contributed by atoms with Gasteiger partial charge in [-0.1, -0.05) is 6.07 Å². The molecular weight excluding hydrogens is 393 g/mol. The summed E-state index contributed by atoms with van der Waals surface area (Å²) in [6.07, 6.45) is -4.74. The van der Waals surface area contributed by atoms with Crippen LogP contribution >= 0.6 is 0 Å². The predicted octanol–water partition coefficient (Wildman–Crippen LogP) is 0.457. The summed E-state index contributed by atoms with van der Waals surface area (Å²) >= 11 is 0. The molecule has 0 radical (unpaired) electrons. The van der Waals surface area contributed by atoms with E-state index in [-0.39, 0.29) is 43.5 Å². The molecule has 2 unspecified atom stereocenters. The SMILES string of the molecule is NCCC(NCc1ccc2c(c1)C(=O)N(C1CCC(=O)NC1=O)C2=O)C(F)(F)F. The van der Waals surface area contributed by atoms with Crippen molar-refractivity contribution >= 4 is 23.6 Å². The number of hydrogen-bond acceptors (Lipinski definition) is 6. The summed E-state index contributed by atoms with van der Waals surface area (Å²) in [5.74, 6) is -2.59. The van der Waals surface area contributed by atoms with E-state index in [0.717, 1.165) is 4.90 Å². The number of rotatable bonds is 6. The summed E-state index contributed by atoms with van der Waals surface area (Å²) in [5, 5.41) is 4.46. The van der Waals surface area contributed by atoms with Gasteiger partial charge in [-0.05, 0) is 37.1 Å². The lowest BCUT2D eigenvalue weighted by atomic mass is 10.0. The number of benzene rings is 1. The van der Waals surface area contributed by atoms with Gasteiger partial charge in [0.05, 0.1) is 11.1 Å². The number of halogens is 3. The molecule has 2 atom stereocenters. The lowest BCUT2D eigenvalue weighted by molar-refractivity contribution is -0.157. The van der Waals surface area contributed by atoms with Gasteiger partial charge in [0, 0.05) is 13.0 Å². The van der Waals surface area contributed by atoms with Crippen LogP contribution in [0.25, 0.3) is 0 Å². The number of imide groups is 2. The maximum Gasteiger partial charge on any atom is 0.403 e. The molecule has 156 valence electrons. The van der Waals surface area contributed by atoms with E-state index in [0.29, 0.717) is 5.56 Å². The Balaban J connectivity index is 1.77. The van der Waals surface area contributed by atoms with Crippen LogP contribution in [0, 0.1) is 0 Å². The largest absolute Gasteiger partial charge is 0.403 e. The van der Waals surface area contributed by atoms with E-state index >= 15 is 0 Å². The zero-order valence-corrected chi connectivity index (χ0v) is 15.2. The minimum atomic E-state index is -4.47. The monoisotopic (exact) mass is 412 g/mol. The Morgan fingerprint density at radius 1 is 1.17 bits per heavy atom. The van der Waals surface area contributed by atoms with E-state index in [1.54, 1.807) is 0 Å². The summed E-state index contributed by atoms with van der Waals surface area (Å²) in [5.41, 5.74) is 5.69. The molecule has 1 fully saturated rings. The van der Waals surface area contributed by atoms with Gasteiger partial charge in [-0.15, -0.1) is 0 Å². The first-order valence-electron chi connectivity index (χ1n) is 8.98. The zero-order valence-electron chi connectivity index (χ0n) is 15.2. The van der Waals surface area contributed by atoms with Crippen LogP contribution in [0.5, 0.6) is 0 Å². The van der Waals surface area contributed by atoms with Crippen molar-refractivity contribution in [2.75, 3.05) is 6.54 Å². The summed E-state index contributed by atoms with van der Waals surface area (Å²) in [6.45, 7) is -0.327. The molecule has 0 saturated carbocycles. The summed E-state index contributed by atoms with van der Waals surface area (Å²) < 4.78 is 38.9. The van der Waals surface area contributed by atoms with Crippen molar-refractivity contribution in [1.82, 2.24) is 15.5 Å². The van der Waals surface area contributed by atoms with E-state index in [1.165, 1.54) is 18.2 Å². The average Bonchev–Trinajstić information content (AvgIpc) is 2.88. The van der Waals surface area contributed by atoms with E-state index < -0.39 is 41.9 Å². The van der Waals surface area contributed by atoms with Crippen molar-refractivity contribution < 1.29 is 32.3 Å². The average molecular weight is 412 g/mol. The van der Waals surface area contributed by atoms with Gasteiger partial charge in [0.25, 0.3) is 11.8 Å². The Bertz CT molecular complexity index is 871. The molecule has 1 aromatic carbocycles. The highest BCUT2D eigenvalue weighted by Gasteiger charge is 2.44. The number of piperidine rings is 1. The van der Waals surface area contributed by atoms with Gasteiger partial charge >= 0.3 is 6.18 Å². The number of nitrogens with two attached hydrogens (primary N) is 1. The van der Waals surface area contributed by atoms with Gasteiger partial charge in [-0.2, -0.15) is 13.2 Å². The zero-order chi connectivity index (χ0) is 21.3. The molecule has 0 aliphatic carbocycles. The summed E-state index contributed by atoms with van der Waals surface area (Å²) in [6, 6.07) is 1.24. The molecule has 3 rings (SSSR count). The second-order valence-corrected chi connectivity index (χ2v) is 6.88. The number of hydrogen-bond donors (Lipinski definition) is 3. The molecule has 1 aromatic rings. The minimum Gasteiger partial charge on any atom is -0.330 e. The van der Waals surface area contributed by atoms with Crippen LogP contribution in [-0.4, -0.2) is 53.3 Å². The molecule has 4 N–H and O–H groups in total. The Morgan fingerprint density at radius 2 is 1.86 bits per heavy atom. The molecule has 2 aliphatic rings. The smallest absolute Gasteiger partial charge is 0.330 e. The van der Waals surface area contributed by atoms with Gasteiger partial charge < -0.3 is 11.1 Å². The standard InChI is InChI=1S/C18H19F3N4O4/c19-18(20,21)13(5-6-22)23-8-9-1-2-10-11(7-9)17(29)25(16(10)28)12-3-4-14(26)24-15(12)27/h1-2,7,12-13,23H,3-6,8,22H2,(H,24,26,27). The third-order valence-corrected chi connectivity index (χ3v) is 4.91. The van der Waals surface area contributed by atoms with E-state index in [1.807, 2.05) is 0 Å². The predicted molar refractivity (Wildman–Crippen MR) is 93.5 cm³/mol. The van der Waals surface area contributed by atoms with Gasteiger partial charge in [0.2, 0.25) is 11.8 Å². The Labute approximate surface area is 163 Å². The van der Waals surface area contributed by atoms with Crippen molar-refractivity contribution in [3.8, 4) is 0 Å². The third kappa shape index (κ3) is 4.15. The molecule has 0 aromatic heterocycles.